The lowest BCUT2D eigenvalue weighted by atomic mass is 9.81. The van der Waals surface area contributed by atoms with E-state index in [1.54, 1.807) is 6.07 Å². The second-order valence-electron chi connectivity index (χ2n) is 8.53. The largest absolute Gasteiger partial charge is 0.479 e. The minimum Gasteiger partial charge on any atom is -0.479 e. The third-order valence-electron chi connectivity index (χ3n) is 6.16. The molecule has 0 heterocycles. The molecule has 3 aromatic rings. The van der Waals surface area contributed by atoms with Crippen molar-refractivity contribution in [2.45, 2.75) is 51.3 Å². The molecule has 170 valence electrons. The maximum absolute atomic E-state index is 13.9. The van der Waals surface area contributed by atoms with E-state index < -0.39 is 12.1 Å². The van der Waals surface area contributed by atoms with Crippen molar-refractivity contribution in [1.82, 2.24) is 4.90 Å². The first-order valence-electron chi connectivity index (χ1n) is 11.4. The van der Waals surface area contributed by atoms with Crippen LogP contribution in [0.1, 0.15) is 47.9 Å². The minimum absolute atomic E-state index is 0.0899. The Balaban J connectivity index is 1.63. The first-order chi connectivity index (χ1) is 16.0. The van der Waals surface area contributed by atoms with Gasteiger partial charge < -0.3 is 14.7 Å². The molecule has 1 aliphatic carbocycles. The van der Waals surface area contributed by atoms with E-state index in [9.17, 15) is 14.7 Å². The molecule has 3 aromatic carbocycles. The molecular formula is C28H29NO4. The average molecular weight is 444 g/mol. The second kappa shape index (κ2) is 10.3. The molecule has 5 nitrogen and oxygen atoms in total. The molecule has 1 amide bonds. The number of carbonyl (C=O) groups is 2. The molecular weight excluding hydrogens is 414 g/mol. The number of carboxylic acid groups (broad SMARTS) is 1. The van der Waals surface area contributed by atoms with Gasteiger partial charge in [0.15, 0.2) is 6.10 Å². The number of carbonyl (C=O) groups excluding carboxylic acids is 1. The van der Waals surface area contributed by atoms with Gasteiger partial charge in [-0.3, -0.25) is 4.79 Å². The number of carboxylic acids is 1. The number of benzene rings is 3. The van der Waals surface area contributed by atoms with Crippen molar-refractivity contribution in [3.8, 4) is 5.75 Å². The predicted octanol–water partition coefficient (Wildman–Crippen LogP) is 5.19. The van der Waals surface area contributed by atoms with Crippen molar-refractivity contribution in [3.05, 3.63) is 101 Å². The van der Waals surface area contributed by atoms with Crippen molar-refractivity contribution in [2.75, 3.05) is 0 Å². The number of aliphatic carboxylic acids is 1. The van der Waals surface area contributed by atoms with Crippen LogP contribution in [0.3, 0.4) is 0 Å². The summed E-state index contributed by atoms with van der Waals surface area (Å²) in [6.45, 7) is 2.59. The summed E-state index contributed by atoms with van der Waals surface area (Å²) in [5.41, 5.74) is 4.08. The van der Waals surface area contributed by atoms with E-state index in [-0.39, 0.29) is 11.8 Å². The van der Waals surface area contributed by atoms with Gasteiger partial charge in [0.1, 0.15) is 5.75 Å². The van der Waals surface area contributed by atoms with E-state index in [1.807, 2.05) is 77.7 Å². The number of hydrogen-bond donors (Lipinski definition) is 1. The van der Waals surface area contributed by atoms with Crippen molar-refractivity contribution in [3.63, 3.8) is 0 Å². The van der Waals surface area contributed by atoms with E-state index in [2.05, 4.69) is 0 Å². The lowest BCUT2D eigenvalue weighted by molar-refractivity contribution is -0.144. The van der Waals surface area contributed by atoms with Crippen molar-refractivity contribution >= 4 is 11.9 Å². The summed E-state index contributed by atoms with van der Waals surface area (Å²) in [5, 5.41) is 9.25. The van der Waals surface area contributed by atoms with Crippen LogP contribution in [0.15, 0.2) is 78.9 Å². The van der Waals surface area contributed by atoms with E-state index in [0.29, 0.717) is 18.8 Å². The number of amides is 1. The maximum Gasteiger partial charge on any atom is 0.344 e. The lowest BCUT2D eigenvalue weighted by Crippen LogP contribution is -2.36. The fourth-order valence-electron chi connectivity index (χ4n) is 4.46. The Morgan fingerprint density at radius 1 is 0.939 bits per heavy atom. The van der Waals surface area contributed by atoms with E-state index in [4.69, 9.17) is 4.74 Å². The van der Waals surface area contributed by atoms with Gasteiger partial charge in [-0.05, 0) is 54.5 Å². The van der Waals surface area contributed by atoms with E-state index in [1.165, 1.54) is 6.92 Å². The maximum atomic E-state index is 13.9. The monoisotopic (exact) mass is 443 g/mol. The topological polar surface area (TPSA) is 66.8 Å². The Hall–Kier alpha value is -3.60. The van der Waals surface area contributed by atoms with Crippen LogP contribution in [0, 0.1) is 0 Å². The quantitative estimate of drug-likeness (QED) is 0.520. The number of nitrogens with zero attached hydrogens (tertiary/aromatic N) is 1. The zero-order valence-electron chi connectivity index (χ0n) is 18.8. The summed E-state index contributed by atoms with van der Waals surface area (Å²) < 4.78 is 5.73. The van der Waals surface area contributed by atoms with Gasteiger partial charge in [0.05, 0.1) is 5.92 Å². The standard InChI is InChI=1S/C28H29NO4/c1-20(28(31)32)33-26-17-9-14-23-24(26)15-8-16-25(23)27(30)29(18-21-10-4-2-5-11-21)19-22-12-6-3-7-13-22/h2-7,9-14,17,20,25H,8,15-16,18-19H2,1H3,(H,31,32). The van der Waals surface area contributed by atoms with Gasteiger partial charge in [0, 0.05) is 13.1 Å². The highest BCUT2D eigenvalue weighted by molar-refractivity contribution is 5.85. The number of rotatable bonds is 8. The molecule has 2 atom stereocenters. The molecule has 0 saturated heterocycles. The van der Waals surface area contributed by atoms with Crippen molar-refractivity contribution in [1.29, 1.82) is 0 Å². The highest BCUT2D eigenvalue weighted by atomic mass is 16.5. The van der Waals surface area contributed by atoms with Crippen LogP contribution in [-0.2, 0) is 29.1 Å². The highest BCUT2D eigenvalue weighted by Crippen LogP contribution is 2.38. The molecule has 0 radical (unpaired) electrons. The van der Waals surface area contributed by atoms with Crippen LogP contribution in [0.2, 0.25) is 0 Å². The SMILES string of the molecule is CC(Oc1cccc2c1CCCC2C(=O)N(Cc1ccccc1)Cc1ccccc1)C(=O)O. The number of ether oxygens (including phenoxy) is 1. The van der Waals surface area contributed by atoms with Gasteiger partial charge in [-0.2, -0.15) is 0 Å². The summed E-state index contributed by atoms with van der Waals surface area (Å²) in [5.74, 6) is -0.623. The second-order valence-corrected chi connectivity index (χ2v) is 8.53. The summed E-state index contributed by atoms with van der Waals surface area (Å²) >= 11 is 0. The van der Waals surface area contributed by atoms with Crippen LogP contribution in [0.4, 0.5) is 0 Å². The Kier molecular flexibility index (Phi) is 7.08. The van der Waals surface area contributed by atoms with Crippen LogP contribution in [0.5, 0.6) is 5.75 Å². The third kappa shape index (κ3) is 5.43. The molecule has 1 N–H and O–H groups in total. The van der Waals surface area contributed by atoms with Crippen LogP contribution >= 0.6 is 0 Å². The van der Waals surface area contributed by atoms with Gasteiger partial charge in [-0.1, -0.05) is 72.8 Å². The Labute approximate surface area is 194 Å². The molecule has 5 heteroatoms. The molecule has 1 aliphatic rings. The molecule has 4 rings (SSSR count). The summed E-state index contributed by atoms with van der Waals surface area (Å²) in [7, 11) is 0. The Morgan fingerprint density at radius 2 is 1.55 bits per heavy atom. The van der Waals surface area contributed by atoms with Crippen molar-refractivity contribution in [2.24, 2.45) is 0 Å². The molecule has 0 aromatic heterocycles. The Bertz CT molecular complexity index is 1060. The van der Waals surface area contributed by atoms with E-state index >= 15 is 0 Å². The fraction of sp³-hybridized carbons (Fsp3) is 0.286. The first-order valence-corrected chi connectivity index (χ1v) is 11.4. The summed E-state index contributed by atoms with van der Waals surface area (Å²) in [4.78, 5) is 27.1. The smallest absolute Gasteiger partial charge is 0.344 e. The average Bonchev–Trinajstić information content (AvgIpc) is 2.84. The van der Waals surface area contributed by atoms with E-state index in [0.717, 1.165) is 41.5 Å². The van der Waals surface area contributed by atoms with Gasteiger partial charge in [0.2, 0.25) is 5.91 Å². The molecule has 0 fully saturated rings. The van der Waals surface area contributed by atoms with Gasteiger partial charge in [-0.15, -0.1) is 0 Å². The van der Waals surface area contributed by atoms with Crippen LogP contribution in [0.25, 0.3) is 0 Å². The van der Waals surface area contributed by atoms with Crippen molar-refractivity contribution < 1.29 is 19.4 Å². The molecule has 0 spiro atoms. The normalized spacial score (nSPS) is 15.8. The molecule has 0 bridgehead atoms. The molecule has 33 heavy (non-hydrogen) atoms. The Morgan fingerprint density at radius 3 is 2.12 bits per heavy atom. The third-order valence-corrected chi connectivity index (χ3v) is 6.16. The molecule has 0 aliphatic heterocycles. The lowest BCUT2D eigenvalue weighted by Gasteiger charge is -2.32. The van der Waals surface area contributed by atoms with Gasteiger partial charge >= 0.3 is 5.97 Å². The van der Waals surface area contributed by atoms with Crippen LogP contribution in [-0.4, -0.2) is 28.0 Å². The number of hydrogen-bond acceptors (Lipinski definition) is 3. The predicted molar refractivity (Wildman–Crippen MR) is 127 cm³/mol. The van der Waals surface area contributed by atoms with Crippen LogP contribution < -0.4 is 4.74 Å². The highest BCUT2D eigenvalue weighted by Gasteiger charge is 2.32. The van der Waals surface area contributed by atoms with Gasteiger partial charge in [0.25, 0.3) is 0 Å². The number of fused-ring (bicyclic) bond motifs is 1. The zero-order valence-corrected chi connectivity index (χ0v) is 18.8. The first kappa shape index (κ1) is 22.6. The van der Waals surface area contributed by atoms with Gasteiger partial charge in [-0.25, -0.2) is 4.79 Å². The summed E-state index contributed by atoms with van der Waals surface area (Å²) in [6.07, 6.45) is 1.46. The zero-order chi connectivity index (χ0) is 23.2. The molecule has 2 unspecified atom stereocenters. The molecule has 0 saturated carbocycles. The summed E-state index contributed by atoms with van der Waals surface area (Å²) in [6, 6.07) is 25.7. The minimum atomic E-state index is -1.01. The fourth-order valence-corrected chi connectivity index (χ4v) is 4.46.